The third-order valence-corrected chi connectivity index (χ3v) is 3.46. The highest BCUT2D eigenvalue weighted by Gasteiger charge is 2.21. The van der Waals surface area contributed by atoms with Crippen molar-refractivity contribution in [3.05, 3.63) is 34.9 Å². The maximum atomic E-state index is 11.3. The van der Waals surface area contributed by atoms with E-state index in [1.807, 2.05) is 24.3 Å². The maximum absolute atomic E-state index is 11.3. The van der Waals surface area contributed by atoms with Crippen LogP contribution in [0.4, 0.5) is 5.69 Å². The summed E-state index contributed by atoms with van der Waals surface area (Å²) in [6, 6.07) is 8.12. The van der Waals surface area contributed by atoms with Crippen LogP contribution in [0.15, 0.2) is 34.9 Å². The van der Waals surface area contributed by atoms with Gasteiger partial charge < -0.3 is 4.90 Å². The zero-order chi connectivity index (χ0) is 11.8. The van der Waals surface area contributed by atoms with E-state index in [9.17, 15) is 4.79 Å². The van der Waals surface area contributed by atoms with Crippen molar-refractivity contribution < 1.29 is 4.79 Å². The number of carbonyl (C=O) groups is 1. The summed E-state index contributed by atoms with van der Waals surface area (Å²) in [4.78, 5) is 17.9. The number of pyridine rings is 1. The van der Waals surface area contributed by atoms with E-state index in [2.05, 4.69) is 25.8 Å². The van der Waals surface area contributed by atoms with E-state index < -0.39 is 0 Å². The lowest BCUT2D eigenvalue weighted by molar-refractivity contribution is -0.116. The van der Waals surface area contributed by atoms with Crippen molar-refractivity contribution >= 4 is 38.3 Å². The predicted octanol–water partition coefficient (Wildman–Crippen LogP) is 2.78. The Hall–Kier alpha value is -1.42. The van der Waals surface area contributed by atoms with Crippen LogP contribution in [-0.2, 0) is 4.79 Å². The second kappa shape index (κ2) is 4.11. The molecule has 1 aromatic heterocycles. The van der Waals surface area contributed by atoms with Crippen LogP contribution < -0.4 is 4.90 Å². The minimum atomic E-state index is 0.305. The molecular formula is C13H11BrN2O. The number of ketones is 1. The third kappa shape index (κ3) is 1.93. The number of Topliss-reactive ketones (excluding diaryl/α,β-unsaturated/α-hetero) is 1. The number of benzene rings is 1. The van der Waals surface area contributed by atoms with Crippen LogP contribution >= 0.6 is 15.9 Å². The minimum Gasteiger partial charge on any atom is -0.362 e. The maximum Gasteiger partial charge on any atom is 0.153 e. The number of anilines is 1. The molecule has 0 radical (unpaired) electrons. The van der Waals surface area contributed by atoms with Gasteiger partial charge in [0.2, 0.25) is 0 Å². The Balaban J connectivity index is 2.13. The van der Waals surface area contributed by atoms with E-state index in [-0.39, 0.29) is 0 Å². The van der Waals surface area contributed by atoms with Crippen molar-refractivity contribution in [3.8, 4) is 0 Å². The van der Waals surface area contributed by atoms with E-state index >= 15 is 0 Å². The Morgan fingerprint density at radius 3 is 3.00 bits per heavy atom. The summed E-state index contributed by atoms with van der Waals surface area (Å²) in [5.74, 6) is 0.305. The van der Waals surface area contributed by atoms with Gasteiger partial charge in [-0.1, -0.05) is 12.1 Å². The summed E-state index contributed by atoms with van der Waals surface area (Å²) >= 11 is 3.42. The number of fused-ring (bicyclic) bond motifs is 1. The molecule has 17 heavy (non-hydrogen) atoms. The van der Waals surface area contributed by atoms with Gasteiger partial charge >= 0.3 is 0 Å². The molecule has 86 valence electrons. The van der Waals surface area contributed by atoms with E-state index in [1.54, 1.807) is 6.20 Å². The zero-order valence-electron chi connectivity index (χ0n) is 9.19. The molecule has 0 aliphatic carbocycles. The molecule has 1 aromatic carbocycles. The van der Waals surface area contributed by atoms with Crippen LogP contribution in [0.3, 0.4) is 0 Å². The molecule has 0 amide bonds. The van der Waals surface area contributed by atoms with Crippen LogP contribution in [-0.4, -0.2) is 23.9 Å². The Bertz CT molecular complexity index is 597. The van der Waals surface area contributed by atoms with Gasteiger partial charge in [-0.25, -0.2) is 0 Å². The van der Waals surface area contributed by atoms with Crippen molar-refractivity contribution in [1.82, 2.24) is 4.98 Å². The normalized spacial score (nSPS) is 15.8. The summed E-state index contributed by atoms with van der Waals surface area (Å²) in [5, 5.41) is 1.09. The summed E-state index contributed by atoms with van der Waals surface area (Å²) in [7, 11) is 0. The first-order valence-corrected chi connectivity index (χ1v) is 6.34. The van der Waals surface area contributed by atoms with Crippen LogP contribution in [0.5, 0.6) is 0 Å². The number of nitrogens with zero attached hydrogens (tertiary/aromatic N) is 2. The SMILES string of the molecule is O=C1CCN(c2cccc3cc(Br)cnc23)C1. The molecule has 1 aliphatic rings. The molecule has 3 nitrogen and oxygen atoms in total. The quantitative estimate of drug-likeness (QED) is 0.810. The highest BCUT2D eigenvalue weighted by molar-refractivity contribution is 9.10. The Kier molecular flexibility index (Phi) is 2.59. The molecule has 0 bridgehead atoms. The summed E-state index contributed by atoms with van der Waals surface area (Å²) in [5.41, 5.74) is 2.02. The van der Waals surface area contributed by atoms with Crippen LogP contribution in [0.1, 0.15) is 6.42 Å². The first kappa shape index (κ1) is 10.7. The number of halogens is 1. The second-order valence-electron chi connectivity index (χ2n) is 4.21. The number of para-hydroxylation sites is 1. The largest absolute Gasteiger partial charge is 0.362 e. The average Bonchev–Trinajstić information content (AvgIpc) is 2.74. The molecule has 2 aromatic rings. The Labute approximate surface area is 108 Å². The molecule has 1 aliphatic heterocycles. The molecule has 0 spiro atoms. The zero-order valence-corrected chi connectivity index (χ0v) is 10.8. The lowest BCUT2D eigenvalue weighted by atomic mass is 10.2. The fraction of sp³-hybridized carbons (Fsp3) is 0.231. The minimum absolute atomic E-state index is 0.305. The fourth-order valence-electron chi connectivity index (χ4n) is 2.21. The number of rotatable bonds is 1. The highest BCUT2D eigenvalue weighted by Crippen LogP contribution is 2.28. The second-order valence-corrected chi connectivity index (χ2v) is 5.13. The smallest absolute Gasteiger partial charge is 0.153 e. The number of aromatic nitrogens is 1. The van der Waals surface area contributed by atoms with Crippen LogP contribution in [0.2, 0.25) is 0 Å². The van der Waals surface area contributed by atoms with Crippen molar-refractivity contribution in [2.24, 2.45) is 0 Å². The van der Waals surface area contributed by atoms with Gasteiger partial charge in [-0.2, -0.15) is 0 Å². The highest BCUT2D eigenvalue weighted by atomic mass is 79.9. The summed E-state index contributed by atoms with van der Waals surface area (Å²) in [6.07, 6.45) is 2.44. The van der Waals surface area contributed by atoms with Gasteiger partial charge in [-0.05, 0) is 28.1 Å². The molecule has 4 heteroatoms. The van der Waals surface area contributed by atoms with Crippen molar-refractivity contribution in [3.63, 3.8) is 0 Å². The van der Waals surface area contributed by atoms with Gasteiger partial charge in [-0.3, -0.25) is 9.78 Å². The number of carbonyl (C=O) groups excluding carboxylic acids is 1. The molecule has 0 atom stereocenters. The predicted molar refractivity (Wildman–Crippen MR) is 71.3 cm³/mol. The molecule has 1 fully saturated rings. The molecule has 0 unspecified atom stereocenters. The van der Waals surface area contributed by atoms with Gasteiger partial charge in [0.25, 0.3) is 0 Å². The van der Waals surface area contributed by atoms with Gasteiger partial charge in [0.1, 0.15) is 0 Å². The number of hydrogen-bond donors (Lipinski definition) is 0. The van der Waals surface area contributed by atoms with Crippen LogP contribution in [0.25, 0.3) is 10.9 Å². The van der Waals surface area contributed by atoms with Gasteiger partial charge in [0.05, 0.1) is 17.7 Å². The van der Waals surface area contributed by atoms with E-state index in [1.165, 1.54) is 0 Å². The molecule has 2 heterocycles. The summed E-state index contributed by atoms with van der Waals surface area (Å²) in [6.45, 7) is 1.31. The standard InChI is InChI=1S/C13H11BrN2O/c14-10-6-9-2-1-3-12(13(9)15-7-10)16-5-4-11(17)8-16/h1-3,6-7H,4-5,8H2. The number of hydrogen-bond acceptors (Lipinski definition) is 3. The monoisotopic (exact) mass is 290 g/mol. The van der Waals surface area contributed by atoms with Crippen molar-refractivity contribution in [2.75, 3.05) is 18.0 Å². The van der Waals surface area contributed by atoms with E-state index in [0.29, 0.717) is 18.7 Å². The van der Waals surface area contributed by atoms with Gasteiger partial charge in [-0.15, -0.1) is 0 Å². The van der Waals surface area contributed by atoms with Gasteiger partial charge in [0.15, 0.2) is 5.78 Å². The molecule has 0 N–H and O–H groups in total. The average molecular weight is 291 g/mol. The molecular weight excluding hydrogens is 280 g/mol. The van der Waals surface area contributed by atoms with E-state index in [0.717, 1.165) is 27.6 Å². The first-order valence-electron chi connectivity index (χ1n) is 5.55. The lowest BCUT2D eigenvalue weighted by Gasteiger charge is -2.18. The third-order valence-electron chi connectivity index (χ3n) is 3.02. The summed E-state index contributed by atoms with van der Waals surface area (Å²) < 4.78 is 0.972. The molecule has 0 saturated carbocycles. The molecule has 1 saturated heterocycles. The topological polar surface area (TPSA) is 33.2 Å². The Morgan fingerprint density at radius 1 is 1.35 bits per heavy atom. The van der Waals surface area contributed by atoms with Gasteiger partial charge in [0, 0.05) is 29.0 Å². The van der Waals surface area contributed by atoms with Crippen molar-refractivity contribution in [1.29, 1.82) is 0 Å². The molecule has 3 rings (SSSR count). The Morgan fingerprint density at radius 2 is 2.24 bits per heavy atom. The van der Waals surface area contributed by atoms with Crippen LogP contribution in [0, 0.1) is 0 Å². The van der Waals surface area contributed by atoms with E-state index in [4.69, 9.17) is 0 Å². The first-order chi connectivity index (χ1) is 8.24. The fourth-order valence-corrected chi connectivity index (χ4v) is 2.56. The van der Waals surface area contributed by atoms with Crippen molar-refractivity contribution in [2.45, 2.75) is 6.42 Å². The lowest BCUT2D eigenvalue weighted by Crippen LogP contribution is -2.19.